The van der Waals surface area contributed by atoms with Crippen molar-refractivity contribution in [2.24, 2.45) is 0 Å². The highest BCUT2D eigenvalue weighted by Gasteiger charge is 2.52. The van der Waals surface area contributed by atoms with E-state index in [2.05, 4.69) is 24.9 Å². The fourth-order valence-electron chi connectivity index (χ4n) is 12.8. The lowest BCUT2D eigenvalue weighted by Gasteiger charge is -2.29. The van der Waals surface area contributed by atoms with Crippen molar-refractivity contribution in [3.8, 4) is 0 Å². The molecule has 5 aliphatic heterocycles. The van der Waals surface area contributed by atoms with E-state index in [1.54, 1.807) is 0 Å². The summed E-state index contributed by atoms with van der Waals surface area (Å²) in [5, 5.41) is 8.56. The number of H-pyrrole nitrogens is 2. The zero-order chi connectivity index (χ0) is 93.2. The Morgan fingerprint density at radius 3 is 0.898 bits per heavy atom. The number of hydrogen-bond acceptors (Lipinski definition) is 48. The molecule has 5 unspecified atom stereocenters. The number of carbonyl (C=O) groups is 5. The number of nitrogen functional groups attached to an aromatic ring is 3. The first-order valence-corrected chi connectivity index (χ1v) is 50.9. The third-order valence-corrected chi connectivity index (χ3v) is 29.5. The number of rotatable bonds is 48. The molecule has 5 aliphatic rings. The highest BCUT2D eigenvalue weighted by molar-refractivity contribution is 8.14. The average molecular weight is 2000 g/mol. The predicted molar refractivity (Wildman–Crippen MR) is 454 cm³/mol. The minimum absolute atomic E-state index is 0.0277. The van der Waals surface area contributed by atoms with Crippen molar-refractivity contribution < 1.29 is 144 Å². The van der Waals surface area contributed by atoms with E-state index in [0.717, 1.165) is 64.3 Å². The lowest BCUT2D eigenvalue weighted by Crippen LogP contribution is -2.33. The van der Waals surface area contributed by atoms with Gasteiger partial charge in [0.05, 0.1) is 66.1 Å². The van der Waals surface area contributed by atoms with Crippen LogP contribution in [0.4, 0.5) is 17.5 Å². The molecule has 0 bridgehead atoms. The van der Waals surface area contributed by atoms with Crippen LogP contribution in [0.1, 0.15) is 109 Å². The summed E-state index contributed by atoms with van der Waals surface area (Å²) in [6.45, 7) is 1.34. The van der Waals surface area contributed by atoms with Gasteiger partial charge in [-0.15, -0.1) is 0 Å². The van der Waals surface area contributed by atoms with Gasteiger partial charge in [-0.1, -0.05) is 58.8 Å². The van der Waals surface area contributed by atoms with Crippen LogP contribution in [-0.4, -0.2) is 239 Å². The van der Waals surface area contributed by atoms with E-state index < -0.39 is 278 Å². The molecule has 710 valence electrons. The van der Waals surface area contributed by atoms with Crippen LogP contribution >= 0.6 is 97.9 Å². The third-order valence-electron chi connectivity index (χ3n) is 18.6. The average Bonchev–Trinajstić information content (AvgIpc) is 1.66. The topological polar surface area (TPSA) is 679 Å². The second kappa shape index (κ2) is 47.1. The van der Waals surface area contributed by atoms with E-state index >= 15 is 18.3 Å². The van der Waals surface area contributed by atoms with Gasteiger partial charge in [-0.05, 0) is 32.0 Å². The molecule has 0 saturated carbocycles. The van der Waals surface area contributed by atoms with Gasteiger partial charge < -0.3 is 50.9 Å². The molecular weight excluding hydrogens is 1910 g/mol. The van der Waals surface area contributed by atoms with Gasteiger partial charge >= 0.3 is 67.6 Å². The van der Waals surface area contributed by atoms with Gasteiger partial charge in [0.2, 0.25) is 0 Å². The van der Waals surface area contributed by atoms with Crippen LogP contribution < -0.4 is 56.8 Å². The van der Waals surface area contributed by atoms with Crippen molar-refractivity contribution in [1.29, 1.82) is 0 Å². The molecule has 5 saturated heterocycles. The summed E-state index contributed by atoms with van der Waals surface area (Å²) < 4.78 is 195. The van der Waals surface area contributed by atoms with Crippen molar-refractivity contribution in [3.05, 3.63) is 133 Å². The first-order chi connectivity index (χ1) is 60.5. The normalized spacial score (nSPS) is 25.9. The van der Waals surface area contributed by atoms with Crippen LogP contribution in [0.3, 0.4) is 0 Å². The van der Waals surface area contributed by atoms with E-state index in [0.29, 0.717) is 23.5 Å². The molecular formula is C67H94N13O38P5S5. The molecule has 10 rings (SSSR count). The number of ether oxygens (including phenoxy) is 5. The van der Waals surface area contributed by atoms with Crippen molar-refractivity contribution >= 4 is 141 Å². The molecule has 128 heavy (non-hydrogen) atoms. The Labute approximate surface area is 746 Å². The SMILES string of the molecule is CC(=O)SCCOP(=O)(O)O[C@H]1C[C@H](n2cc(C)c(=O)[nH]c2=O)O[C@@H]1COP(=O)(OCCSC(C)=O)O[C@H]1C[C@H](n2ccc(N)nc2=O)O[C@@H]1COP(=O)(OCCSC(C)=O)O[C@H]1C[C@H](n2ccc(N)nc2=O)O[C@@H]1COP(=O)(OCCSC(C)=O)O[C@H]1C[C@H](n2ccc(N)nc2=O)O[C@@H]1COP(=O)(OCCSC(C)=O)O[C@H]1C[C@H](n2cc(C)c(=O)[nH]c2=O)O[C@@H]1CO. The Balaban J connectivity index is 0.960. The Morgan fingerprint density at radius 1 is 0.398 bits per heavy atom. The minimum atomic E-state index is -5.39. The molecule has 5 aromatic rings. The summed E-state index contributed by atoms with van der Waals surface area (Å²) in [5.74, 6) is -1.56. The molecule has 61 heteroatoms. The summed E-state index contributed by atoms with van der Waals surface area (Å²) in [5.41, 5.74) is 11.4. The molecule has 0 spiro atoms. The molecule has 51 nitrogen and oxygen atoms in total. The second-order valence-electron chi connectivity index (χ2n) is 28.1. The fraction of sp³-hybridized carbons (Fsp3) is 0.627. The first-order valence-electron chi connectivity index (χ1n) is 38.7. The number of nitrogens with zero attached hydrogens (tertiary/aromatic N) is 8. The standard InChI is InChI=1S/C67H94N13O38P5S5/c1-36-29-79(66(92)74-61(36)87)59-24-43(48(31-81)109-59)115-120(96,101-15-20-125-39(4)83)106-33-50-45(26-56(110-50)76-11-8-53(68)71-63(76)89)117-122(98,103-17-22-127-41(6)85)108-35-52-47(28-58(112-52)78-13-10-55(70)73-65(78)91)118-123(99,104-18-23-128-42(7)86)107-34-51-46(27-57(111-51)77-12-9-54(69)72-64(77)90)116-121(97,102-16-21-126-40(5)84)105-32-49-44(114-119(94,95)100-14-19-124-38(3)82)25-60(113-49)80-30-37(2)62(88)75-67(80)93/h8-13,29-30,43-52,56-60,81H,14-28,31-35H2,1-7H3,(H,94,95)(H2,68,71,89)(H2,69,72,90)(H2,70,73,91)(H,74,87,92)(H,75,88,93)/t43-,44-,45-,46-,47-,48+,49+,50+,51+,52+,56+,57+,58+,59+,60+,120?,121?,122?,123?/m0/s1. The van der Waals surface area contributed by atoms with Crippen molar-refractivity contribution in [2.75, 3.05) is 112 Å². The Morgan fingerprint density at radius 2 is 0.641 bits per heavy atom. The molecule has 0 aromatic carbocycles. The van der Waals surface area contributed by atoms with Crippen LogP contribution in [0.15, 0.2) is 82.7 Å². The molecule has 0 amide bonds. The van der Waals surface area contributed by atoms with Gasteiger partial charge in [0, 0.05) is 138 Å². The van der Waals surface area contributed by atoms with Crippen molar-refractivity contribution in [3.63, 3.8) is 0 Å². The highest BCUT2D eigenvalue weighted by Crippen LogP contribution is 2.60. The summed E-state index contributed by atoms with van der Waals surface area (Å²) in [6.07, 6.45) is -19.9. The number of aromatic nitrogens is 10. The number of nitrogens with one attached hydrogen (secondary N) is 2. The number of thioether (sulfide) groups is 5. The van der Waals surface area contributed by atoms with E-state index in [1.807, 2.05) is 0 Å². The van der Waals surface area contributed by atoms with Crippen LogP contribution in [-0.2, 0) is 134 Å². The molecule has 0 radical (unpaired) electrons. The molecule has 20 atom stereocenters. The molecule has 10 N–H and O–H groups in total. The fourth-order valence-corrected chi connectivity index (χ4v) is 22.2. The number of aromatic amines is 2. The molecule has 5 aromatic heterocycles. The zero-order valence-corrected chi connectivity index (χ0v) is 77.7. The van der Waals surface area contributed by atoms with E-state index in [4.69, 9.17) is 104 Å². The quantitative estimate of drug-likeness (QED) is 0.0216. The maximum Gasteiger partial charge on any atom is 0.475 e. The number of aliphatic hydroxyl groups is 1. The molecule has 5 fully saturated rings. The monoisotopic (exact) mass is 2000 g/mol. The Bertz CT molecular complexity index is 5480. The summed E-state index contributed by atoms with van der Waals surface area (Å²) in [6, 6.07) is 3.66. The van der Waals surface area contributed by atoms with Gasteiger partial charge in [0.25, 0.3) is 11.1 Å². The lowest BCUT2D eigenvalue weighted by atomic mass is 10.2. The Hall–Kier alpha value is -6.19. The second-order valence-corrected chi connectivity index (χ2v) is 42.4. The molecule has 10 heterocycles. The smallest absolute Gasteiger partial charge is 0.394 e. The van der Waals surface area contributed by atoms with Crippen LogP contribution in [0.25, 0.3) is 0 Å². The van der Waals surface area contributed by atoms with Crippen LogP contribution in [0.5, 0.6) is 0 Å². The van der Waals surface area contributed by atoms with Gasteiger partial charge in [0.15, 0.2) is 25.6 Å². The number of aliphatic hydroxyl groups excluding tert-OH is 1. The summed E-state index contributed by atoms with van der Waals surface area (Å²) >= 11 is 3.68. The maximum absolute atomic E-state index is 15.9. The van der Waals surface area contributed by atoms with Gasteiger partial charge in [-0.3, -0.25) is 130 Å². The number of carbonyl (C=O) groups excluding carboxylic acids is 5. The minimum Gasteiger partial charge on any atom is -0.394 e. The van der Waals surface area contributed by atoms with Gasteiger partial charge in [-0.25, -0.2) is 46.8 Å². The van der Waals surface area contributed by atoms with Gasteiger partial charge in [0.1, 0.15) is 110 Å². The lowest BCUT2D eigenvalue weighted by molar-refractivity contribution is -0.109. The van der Waals surface area contributed by atoms with E-state index in [1.165, 1.54) is 91.5 Å². The zero-order valence-electron chi connectivity index (χ0n) is 69.1. The number of aryl methyl sites for hydroxylation is 2. The number of hydrogen-bond donors (Lipinski definition) is 7. The number of phosphoric ester groups is 5. The predicted octanol–water partition coefficient (Wildman–Crippen LogP) is 3.66. The maximum atomic E-state index is 15.9. The van der Waals surface area contributed by atoms with Crippen LogP contribution in [0.2, 0.25) is 0 Å². The van der Waals surface area contributed by atoms with Crippen molar-refractivity contribution in [2.45, 2.75) is 173 Å². The van der Waals surface area contributed by atoms with Crippen molar-refractivity contribution in [1.82, 2.24) is 47.8 Å². The van der Waals surface area contributed by atoms with Crippen LogP contribution in [0, 0.1) is 13.8 Å². The summed E-state index contributed by atoms with van der Waals surface area (Å²) in [4.78, 5) is 179. The highest BCUT2D eigenvalue weighted by atomic mass is 32.2. The first kappa shape index (κ1) is 104. The van der Waals surface area contributed by atoms with Gasteiger partial charge in [-0.2, -0.15) is 15.0 Å². The third kappa shape index (κ3) is 30.4. The molecule has 0 aliphatic carbocycles. The summed E-state index contributed by atoms with van der Waals surface area (Å²) in [7, 11) is -26.2. The number of nitrogens with two attached hydrogens (primary N) is 3. The number of phosphoric acid groups is 5. The Kier molecular flexibility index (Phi) is 38.3. The van der Waals surface area contributed by atoms with E-state index in [9.17, 15) is 72.1 Å². The number of anilines is 3. The largest absolute Gasteiger partial charge is 0.475 e. The van der Waals surface area contributed by atoms with E-state index in [-0.39, 0.29) is 74.0 Å².